The Balaban J connectivity index is 3.04. The maximum absolute atomic E-state index is 12.5. The number of hydrogen-bond donors (Lipinski definition) is 0. The van der Waals surface area contributed by atoms with Crippen molar-refractivity contribution in [1.29, 1.82) is 0 Å². The summed E-state index contributed by atoms with van der Waals surface area (Å²) in [6.07, 6.45) is 3.07. The van der Waals surface area contributed by atoms with E-state index in [2.05, 4.69) is 48.5 Å². The SMILES string of the molecule is CCC(C)(C)C1(C(C)(C)C)CCN(C(=O)OC(C)(C)C)C(C)C1. The Kier molecular flexibility index (Phi) is 5.56. The van der Waals surface area contributed by atoms with E-state index in [1.165, 1.54) is 0 Å². The number of piperidine rings is 1. The van der Waals surface area contributed by atoms with E-state index in [4.69, 9.17) is 4.74 Å². The summed E-state index contributed by atoms with van der Waals surface area (Å²) in [4.78, 5) is 14.4. The van der Waals surface area contributed by atoms with Crippen molar-refractivity contribution in [3.05, 3.63) is 0 Å². The Morgan fingerprint density at radius 2 is 1.65 bits per heavy atom. The van der Waals surface area contributed by atoms with Crippen LogP contribution in [0.1, 0.15) is 88.5 Å². The predicted octanol–water partition coefficient (Wildman–Crippen LogP) is 5.87. The molecular formula is C20H39NO2. The average Bonchev–Trinajstić information content (AvgIpc) is 2.34. The molecule has 136 valence electrons. The van der Waals surface area contributed by atoms with E-state index in [9.17, 15) is 4.79 Å². The highest BCUT2D eigenvalue weighted by Crippen LogP contribution is 2.60. The summed E-state index contributed by atoms with van der Waals surface area (Å²) in [5.74, 6) is 0. The molecule has 1 amide bonds. The number of carbonyl (C=O) groups is 1. The molecular weight excluding hydrogens is 286 g/mol. The van der Waals surface area contributed by atoms with Gasteiger partial charge in [0.1, 0.15) is 5.60 Å². The van der Waals surface area contributed by atoms with Crippen molar-refractivity contribution >= 4 is 6.09 Å². The standard InChI is InChI=1S/C20H39NO2/c1-11-19(9,10)20(17(3,4)5)12-13-21(15(2)14-20)16(22)23-18(6,7)8/h15H,11-14H2,1-10H3. The van der Waals surface area contributed by atoms with Gasteiger partial charge >= 0.3 is 6.09 Å². The lowest BCUT2D eigenvalue weighted by molar-refractivity contribution is -0.107. The van der Waals surface area contributed by atoms with Crippen LogP contribution in [0.2, 0.25) is 0 Å². The minimum absolute atomic E-state index is 0.165. The van der Waals surface area contributed by atoms with E-state index < -0.39 is 5.60 Å². The van der Waals surface area contributed by atoms with Crippen LogP contribution in [-0.4, -0.2) is 29.2 Å². The average molecular weight is 326 g/mol. The van der Waals surface area contributed by atoms with E-state index >= 15 is 0 Å². The molecule has 2 atom stereocenters. The zero-order chi connectivity index (χ0) is 18.3. The summed E-state index contributed by atoms with van der Waals surface area (Å²) in [7, 11) is 0. The van der Waals surface area contributed by atoms with Gasteiger partial charge < -0.3 is 9.64 Å². The van der Waals surface area contributed by atoms with Gasteiger partial charge in [-0.2, -0.15) is 0 Å². The summed E-state index contributed by atoms with van der Waals surface area (Å²) in [5, 5.41) is 0. The minimum Gasteiger partial charge on any atom is -0.444 e. The molecule has 0 aromatic heterocycles. The number of ether oxygens (including phenoxy) is 1. The molecule has 1 aliphatic rings. The maximum Gasteiger partial charge on any atom is 0.410 e. The molecule has 1 heterocycles. The Labute approximate surface area is 144 Å². The second-order valence-electron chi connectivity index (χ2n) is 10.0. The van der Waals surface area contributed by atoms with Crippen molar-refractivity contribution in [2.45, 2.75) is 100 Å². The van der Waals surface area contributed by atoms with Crippen LogP contribution in [0.5, 0.6) is 0 Å². The zero-order valence-corrected chi connectivity index (χ0v) is 17.2. The van der Waals surface area contributed by atoms with E-state index in [0.29, 0.717) is 0 Å². The Hall–Kier alpha value is -0.730. The first kappa shape index (κ1) is 20.3. The summed E-state index contributed by atoms with van der Waals surface area (Å²) in [6.45, 7) is 22.9. The first-order valence-electron chi connectivity index (χ1n) is 9.16. The highest BCUT2D eigenvalue weighted by atomic mass is 16.6. The van der Waals surface area contributed by atoms with Crippen LogP contribution >= 0.6 is 0 Å². The fourth-order valence-corrected chi connectivity index (χ4v) is 4.49. The maximum atomic E-state index is 12.5. The van der Waals surface area contributed by atoms with Crippen molar-refractivity contribution < 1.29 is 9.53 Å². The predicted molar refractivity (Wildman–Crippen MR) is 97.6 cm³/mol. The van der Waals surface area contributed by atoms with Gasteiger partial charge in [-0.15, -0.1) is 0 Å². The highest BCUT2D eigenvalue weighted by molar-refractivity contribution is 5.68. The summed E-state index contributed by atoms with van der Waals surface area (Å²) in [5.41, 5.74) is 0.255. The first-order chi connectivity index (χ1) is 10.2. The van der Waals surface area contributed by atoms with Gasteiger partial charge in [0.15, 0.2) is 0 Å². The van der Waals surface area contributed by atoms with Gasteiger partial charge in [-0.3, -0.25) is 0 Å². The third-order valence-corrected chi connectivity index (χ3v) is 6.20. The van der Waals surface area contributed by atoms with Gasteiger partial charge in [-0.25, -0.2) is 4.79 Å². The Morgan fingerprint density at radius 3 is 2.00 bits per heavy atom. The number of rotatable bonds is 2. The fourth-order valence-electron chi connectivity index (χ4n) is 4.49. The molecule has 1 saturated heterocycles. The molecule has 0 N–H and O–H groups in total. The summed E-state index contributed by atoms with van der Waals surface area (Å²) < 4.78 is 5.60. The van der Waals surface area contributed by atoms with E-state index in [0.717, 1.165) is 25.8 Å². The lowest BCUT2D eigenvalue weighted by Crippen LogP contribution is -2.58. The monoisotopic (exact) mass is 325 g/mol. The lowest BCUT2D eigenvalue weighted by atomic mass is 9.48. The van der Waals surface area contributed by atoms with Crippen LogP contribution in [-0.2, 0) is 4.74 Å². The van der Waals surface area contributed by atoms with Crippen molar-refractivity contribution in [2.24, 2.45) is 16.2 Å². The van der Waals surface area contributed by atoms with Gasteiger partial charge in [0, 0.05) is 12.6 Å². The van der Waals surface area contributed by atoms with Crippen LogP contribution in [0.3, 0.4) is 0 Å². The van der Waals surface area contributed by atoms with Crippen LogP contribution < -0.4 is 0 Å². The molecule has 0 aromatic rings. The van der Waals surface area contributed by atoms with Crippen LogP contribution in [0.4, 0.5) is 4.79 Å². The van der Waals surface area contributed by atoms with Crippen molar-refractivity contribution in [2.75, 3.05) is 6.54 Å². The third-order valence-electron chi connectivity index (χ3n) is 6.20. The fraction of sp³-hybridized carbons (Fsp3) is 0.950. The number of hydrogen-bond acceptors (Lipinski definition) is 2. The lowest BCUT2D eigenvalue weighted by Gasteiger charge is -2.60. The van der Waals surface area contributed by atoms with Crippen molar-refractivity contribution in [3.63, 3.8) is 0 Å². The van der Waals surface area contributed by atoms with Crippen molar-refractivity contribution in [3.8, 4) is 0 Å². The molecule has 1 rings (SSSR count). The minimum atomic E-state index is -0.432. The normalized spacial score (nSPS) is 27.0. The second kappa shape index (κ2) is 6.29. The molecule has 0 saturated carbocycles. The van der Waals surface area contributed by atoms with Gasteiger partial charge in [0.05, 0.1) is 0 Å². The van der Waals surface area contributed by atoms with Crippen LogP contribution in [0.15, 0.2) is 0 Å². The number of carbonyl (C=O) groups excluding carboxylic acids is 1. The molecule has 0 radical (unpaired) electrons. The topological polar surface area (TPSA) is 29.5 Å². The Bertz CT molecular complexity index is 428. The molecule has 0 spiro atoms. The zero-order valence-electron chi connectivity index (χ0n) is 17.2. The van der Waals surface area contributed by atoms with Crippen LogP contribution in [0, 0.1) is 16.2 Å². The largest absolute Gasteiger partial charge is 0.444 e. The van der Waals surface area contributed by atoms with E-state index in [1.54, 1.807) is 0 Å². The second-order valence-corrected chi connectivity index (χ2v) is 10.0. The van der Waals surface area contributed by atoms with Gasteiger partial charge in [-0.1, -0.05) is 48.0 Å². The van der Waals surface area contributed by atoms with Gasteiger partial charge in [-0.05, 0) is 56.8 Å². The summed E-state index contributed by atoms with van der Waals surface area (Å²) in [6, 6.07) is 0.212. The first-order valence-corrected chi connectivity index (χ1v) is 9.16. The number of likely N-dealkylation sites (tertiary alicyclic amines) is 1. The van der Waals surface area contributed by atoms with E-state index in [-0.39, 0.29) is 28.4 Å². The highest BCUT2D eigenvalue weighted by Gasteiger charge is 2.55. The van der Waals surface area contributed by atoms with E-state index in [1.807, 2.05) is 25.7 Å². The molecule has 3 heteroatoms. The molecule has 0 aliphatic carbocycles. The number of amides is 1. The van der Waals surface area contributed by atoms with Gasteiger partial charge in [0.25, 0.3) is 0 Å². The molecule has 23 heavy (non-hydrogen) atoms. The van der Waals surface area contributed by atoms with Gasteiger partial charge in [0.2, 0.25) is 0 Å². The molecule has 1 fully saturated rings. The van der Waals surface area contributed by atoms with Crippen LogP contribution in [0.25, 0.3) is 0 Å². The third kappa shape index (κ3) is 4.03. The molecule has 0 bridgehead atoms. The Morgan fingerprint density at radius 1 is 1.13 bits per heavy atom. The molecule has 1 aliphatic heterocycles. The smallest absolute Gasteiger partial charge is 0.410 e. The number of nitrogens with zero attached hydrogens (tertiary/aromatic N) is 1. The molecule has 0 aromatic carbocycles. The quantitative estimate of drug-likeness (QED) is 0.635. The molecule has 3 nitrogen and oxygen atoms in total. The molecule has 2 unspecified atom stereocenters. The summed E-state index contributed by atoms with van der Waals surface area (Å²) >= 11 is 0. The van der Waals surface area contributed by atoms with Crippen molar-refractivity contribution in [1.82, 2.24) is 4.90 Å².